The summed E-state index contributed by atoms with van der Waals surface area (Å²) in [5.41, 5.74) is 4.39. The van der Waals surface area contributed by atoms with Crippen LogP contribution in [0.25, 0.3) is 10.8 Å². The van der Waals surface area contributed by atoms with Gasteiger partial charge in [-0.25, -0.2) is 8.78 Å². The van der Waals surface area contributed by atoms with E-state index in [1.807, 2.05) is 22.6 Å². The molecule has 4 atom stereocenters. The van der Waals surface area contributed by atoms with Gasteiger partial charge in [-0.1, -0.05) is 13.0 Å². The van der Waals surface area contributed by atoms with Crippen LogP contribution in [0.5, 0.6) is 11.8 Å². The lowest BCUT2D eigenvalue weighted by Crippen LogP contribution is -2.43. The van der Waals surface area contributed by atoms with Gasteiger partial charge in [-0.2, -0.15) is 15.1 Å². The maximum Gasteiger partial charge on any atom is 0.318 e. The van der Waals surface area contributed by atoms with Crippen LogP contribution >= 0.6 is 0 Å². The Balaban J connectivity index is 0.997. The fraction of sp³-hybridized carbons (Fsp3) is 0.550. The monoisotopic (exact) mass is 724 g/mol. The summed E-state index contributed by atoms with van der Waals surface area (Å²) in [4.78, 5) is 32.2. The largest absolute Gasteiger partial charge is 0.508 e. The Morgan fingerprint density at radius 1 is 1.02 bits per heavy atom. The number of ether oxygens (including phenoxy) is 1. The number of rotatable bonds is 7. The smallest absolute Gasteiger partial charge is 0.318 e. The van der Waals surface area contributed by atoms with Crippen LogP contribution in [0.2, 0.25) is 0 Å². The van der Waals surface area contributed by atoms with E-state index in [1.54, 1.807) is 18.2 Å². The van der Waals surface area contributed by atoms with Crippen molar-refractivity contribution in [1.82, 2.24) is 29.5 Å². The molecule has 0 bridgehead atoms. The fourth-order valence-corrected chi connectivity index (χ4v) is 10.1. The van der Waals surface area contributed by atoms with Gasteiger partial charge in [0.1, 0.15) is 30.2 Å². The van der Waals surface area contributed by atoms with Crippen molar-refractivity contribution < 1.29 is 23.4 Å². The Morgan fingerprint density at radius 3 is 2.74 bits per heavy atom. The second-order valence-corrected chi connectivity index (χ2v) is 16.2. The molecule has 53 heavy (non-hydrogen) atoms. The lowest BCUT2D eigenvalue weighted by molar-refractivity contribution is 0.0768. The first-order valence-corrected chi connectivity index (χ1v) is 19.5. The van der Waals surface area contributed by atoms with Crippen LogP contribution in [0.1, 0.15) is 72.0 Å². The number of alkyl halides is 1. The molecule has 1 N–H and O–H groups in total. The molecule has 4 fully saturated rings. The van der Waals surface area contributed by atoms with Crippen LogP contribution < -0.4 is 14.5 Å². The number of benzene rings is 2. The SMILES string of the molecule is CCc1c(F)ccc2cc(O)cc(N3CCc4c(nc(OC[C@@]56CCCN5C[C@H](F)C6)nc4N4CCCn5nc(C(=O)N6CC7CC7C6)cc5C4)C3)c12. The van der Waals surface area contributed by atoms with Crippen molar-refractivity contribution in [1.29, 1.82) is 0 Å². The number of aryl methyl sites for hydroxylation is 2. The number of phenols is 1. The van der Waals surface area contributed by atoms with Gasteiger partial charge in [-0.3, -0.25) is 14.4 Å². The number of nitrogens with zero attached hydrogens (tertiary/aromatic N) is 8. The van der Waals surface area contributed by atoms with Crippen LogP contribution in [0, 0.1) is 17.7 Å². The first kappa shape index (κ1) is 33.1. The number of halogens is 2. The molecule has 0 spiro atoms. The highest BCUT2D eigenvalue weighted by atomic mass is 19.1. The van der Waals surface area contributed by atoms with E-state index in [4.69, 9.17) is 19.8 Å². The van der Waals surface area contributed by atoms with E-state index >= 15 is 4.39 Å². The molecule has 6 aliphatic rings. The predicted octanol–water partition coefficient (Wildman–Crippen LogP) is 5.25. The van der Waals surface area contributed by atoms with Crippen molar-refractivity contribution in [3.63, 3.8) is 0 Å². The van der Waals surface area contributed by atoms with Crippen molar-refractivity contribution in [2.75, 3.05) is 55.7 Å². The summed E-state index contributed by atoms with van der Waals surface area (Å²) in [6, 6.07) is 8.84. The molecule has 2 aromatic heterocycles. The molecule has 2 aromatic carbocycles. The number of likely N-dealkylation sites (tertiary alicyclic amines) is 1. The zero-order chi connectivity index (χ0) is 36.0. The summed E-state index contributed by atoms with van der Waals surface area (Å²) in [6.07, 6.45) is 4.72. The molecule has 4 aromatic rings. The van der Waals surface area contributed by atoms with Crippen molar-refractivity contribution in [2.45, 2.75) is 83.2 Å². The molecule has 11 nitrogen and oxygen atoms in total. The third-order valence-electron chi connectivity index (χ3n) is 12.9. The third-order valence-corrected chi connectivity index (χ3v) is 12.9. The Bertz CT molecular complexity index is 2120. The van der Waals surface area contributed by atoms with Gasteiger partial charge in [-0.05, 0) is 86.1 Å². The minimum Gasteiger partial charge on any atom is -0.508 e. The molecular weight excluding hydrogens is 678 g/mol. The van der Waals surface area contributed by atoms with Crippen molar-refractivity contribution in [3.05, 3.63) is 64.4 Å². The summed E-state index contributed by atoms with van der Waals surface area (Å²) in [5.74, 6) is 2.03. The maximum absolute atomic E-state index is 15.2. The average molecular weight is 725 g/mol. The van der Waals surface area contributed by atoms with Crippen molar-refractivity contribution >= 4 is 28.2 Å². The Kier molecular flexibility index (Phi) is 7.82. The minimum absolute atomic E-state index is 0.0212. The summed E-state index contributed by atoms with van der Waals surface area (Å²) in [6.45, 7) is 8.29. The minimum atomic E-state index is -0.864. The number of anilines is 2. The van der Waals surface area contributed by atoms with E-state index in [0.717, 1.165) is 84.7 Å². The number of fused-ring (bicyclic) bond motifs is 5. The van der Waals surface area contributed by atoms with Crippen LogP contribution in [0.4, 0.5) is 20.3 Å². The summed E-state index contributed by atoms with van der Waals surface area (Å²) >= 11 is 0. The zero-order valence-electron chi connectivity index (χ0n) is 30.2. The number of carbonyl (C=O) groups is 1. The van der Waals surface area contributed by atoms with Crippen molar-refractivity contribution in [2.24, 2.45) is 11.8 Å². The van der Waals surface area contributed by atoms with E-state index < -0.39 is 6.17 Å². The molecule has 1 amide bonds. The van der Waals surface area contributed by atoms with Gasteiger partial charge >= 0.3 is 6.01 Å². The zero-order valence-corrected chi connectivity index (χ0v) is 30.2. The highest BCUT2D eigenvalue weighted by molar-refractivity contribution is 5.98. The highest BCUT2D eigenvalue weighted by Gasteiger charge is 2.50. The topological polar surface area (TPSA) is 103 Å². The van der Waals surface area contributed by atoms with Crippen LogP contribution in [-0.4, -0.2) is 98.1 Å². The second kappa shape index (κ2) is 12.5. The number of hydrogen-bond acceptors (Lipinski definition) is 9. The molecule has 1 saturated carbocycles. The number of aromatic nitrogens is 4. The quantitative estimate of drug-likeness (QED) is 0.274. The second-order valence-electron chi connectivity index (χ2n) is 16.2. The molecule has 10 rings (SSSR count). The number of phenolic OH excluding ortho intramolecular Hbond substituents is 1. The fourth-order valence-electron chi connectivity index (χ4n) is 10.1. The van der Waals surface area contributed by atoms with Crippen molar-refractivity contribution in [3.8, 4) is 11.8 Å². The summed E-state index contributed by atoms with van der Waals surface area (Å²) in [7, 11) is 0. The number of piperidine rings is 1. The van der Waals surface area contributed by atoms with Gasteiger partial charge < -0.3 is 24.5 Å². The molecule has 3 saturated heterocycles. The normalized spacial score (nSPS) is 26.4. The molecule has 2 unspecified atom stereocenters. The Labute approximate surface area is 307 Å². The number of carbonyl (C=O) groups excluding carboxylic acids is 1. The third kappa shape index (κ3) is 5.68. The highest BCUT2D eigenvalue weighted by Crippen LogP contribution is 2.45. The van der Waals surface area contributed by atoms with Gasteiger partial charge in [0, 0.05) is 68.4 Å². The Morgan fingerprint density at radius 2 is 1.89 bits per heavy atom. The number of hydrogen-bond donors (Lipinski definition) is 1. The predicted molar refractivity (Wildman–Crippen MR) is 196 cm³/mol. The van der Waals surface area contributed by atoms with Gasteiger partial charge in [0.2, 0.25) is 0 Å². The molecular formula is C40H46F2N8O3. The van der Waals surface area contributed by atoms with Crippen LogP contribution in [0.3, 0.4) is 0 Å². The molecule has 5 aliphatic heterocycles. The summed E-state index contributed by atoms with van der Waals surface area (Å²) < 4.78 is 38.3. The van der Waals surface area contributed by atoms with Crippen LogP contribution in [0.15, 0.2) is 30.3 Å². The van der Waals surface area contributed by atoms with E-state index in [2.05, 4.69) is 14.7 Å². The van der Waals surface area contributed by atoms with E-state index in [9.17, 15) is 14.3 Å². The van der Waals surface area contributed by atoms with Gasteiger partial charge in [0.05, 0.1) is 30.0 Å². The Hall–Kier alpha value is -4.52. The average Bonchev–Trinajstić information content (AvgIpc) is 3.40. The number of aromatic hydroxyl groups is 1. The molecule has 7 heterocycles. The van der Waals surface area contributed by atoms with Gasteiger partial charge in [0.15, 0.2) is 5.69 Å². The van der Waals surface area contributed by atoms with E-state index in [1.165, 1.54) is 12.5 Å². The summed E-state index contributed by atoms with van der Waals surface area (Å²) in [5, 5.41) is 17.2. The first-order chi connectivity index (χ1) is 25.7. The van der Waals surface area contributed by atoms with Gasteiger partial charge in [-0.15, -0.1) is 0 Å². The molecule has 278 valence electrons. The van der Waals surface area contributed by atoms with E-state index in [0.29, 0.717) is 81.7 Å². The van der Waals surface area contributed by atoms with Crippen LogP contribution in [-0.2, 0) is 32.5 Å². The number of amides is 1. The molecule has 13 heteroatoms. The first-order valence-electron chi connectivity index (χ1n) is 19.5. The lowest BCUT2D eigenvalue weighted by Gasteiger charge is -2.35. The molecule has 1 aliphatic carbocycles. The molecule has 0 radical (unpaired) electrons. The van der Waals surface area contributed by atoms with Gasteiger partial charge in [0.25, 0.3) is 5.91 Å². The maximum atomic E-state index is 15.2. The van der Waals surface area contributed by atoms with E-state index in [-0.39, 0.29) is 29.0 Å². The lowest BCUT2D eigenvalue weighted by atomic mass is 9.95. The standard InChI is InChI=1S/C40H46F2N8O3/c1-2-30-32(42)6-5-24-14-29(51)16-35(36(24)30)46-12-7-31-34(22-46)43-39(53-23-40-8-3-10-49(40)20-27(41)17-40)44-37(31)47-9-4-11-50-28(21-47)15-33(45-50)38(52)48-18-25-13-26(25)19-48/h5-6,14-16,25-27,51H,2-4,7-13,17-23H2,1H3/t25?,26?,27-,40+/m1/s1.